The number of para-hydroxylation sites is 1. The van der Waals surface area contributed by atoms with Gasteiger partial charge in [0, 0.05) is 35.3 Å². The molecule has 1 aliphatic rings. The molecule has 1 N–H and O–H groups in total. The molecule has 1 aliphatic heterocycles. The van der Waals surface area contributed by atoms with Crippen LogP contribution in [0.4, 0.5) is 5.69 Å². The van der Waals surface area contributed by atoms with Gasteiger partial charge in [0.25, 0.3) is 0 Å². The molecule has 1 heterocycles. The van der Waals surface area contributed by atoms with Gasteiger partial charge in [-0.25, -0.2) is 0 Å². The van der Waals surface area contributed by atoms with Crippen molar-refractivity contribution < 1.29 is 0 Å². The van der Waals surface area contributed by atoms with E-state index in [1.54, 1.807) is 0 Å². The molecule has 1 saturated heterocycles. The van der Waals surface area contributed by atoms with Crippen molar-refractivity contribution in [1.82, 2.24) is 5.32 Å². The van der Waals surface area contributed by atoms with Crippen LogP contribution in [0.5, 0.6) is 0 Å². The zero-order chi connectivity index (χ0) is 13.8. The summed E-state index contributed by atoms with van der Waals surface area (Å²) in [6, 6.07) is 9.88. The highest BCUT2D eigenvalue weighted by Crippen LogP contribution is 2.33. The lowest BCUT2D eigenvalue weighted by molar-refractivity contribution is 0.583. The van der Waals surface area contributed by atoms with Crippen molar-refractivity contribution in [2.24, 2.45) is 0 Å². The second kappa shape index (κ2) is 6.67. The molecule has 2 rings (SSSR count). The molecule has 3 unspecified atom stereocenters. The third-order valence-corrected chi connectivity index (χ3v) is 5.44. The first-order valence-corrected chi connectivity index (χ1v) is 8.40. The summed E-state index contributed by atoms with van der Waals surface area (Å²) in [5.74, 6) is 1.23. The van der Waals surface area contributed by atoms with Crippen LogP contribution in [-0.4, -0.2) is 30.1 Å². The van der Waals surface area contributed by atoms with E-state index in [2.05, 4.69) is 73.9 Å². The molecule has 0 spiro atoms. The van der Waals surface area contributed by atoms with Gasteiger partial charge >= 0.3 is 0 Å². The Labute approximate surface area is 122 Å². The Morgan fingerprint density at radius 2 is 2.11 bits per heavy atom. The average Bonchev–Trinajstić information content (AvgIpc) is 2.42. The number of rotatable bonds is 4. The molecule has 19 heavy (non-hydrogen) atoms. The van der Waals surface area contributed by atoms with Crippen molar-refractivity contribution in [2.45, 2.75) is 45.0 Å². The lowest BCUT2D eigenvalue weighted by atomic mass is 10.0. The van der Waals surface area contributed by atoms with E-state index in [4.69, 9.17) is 0 Å². The van der Waals surface area contributed by atoms with Crippen LogP contribution in [-0.2, 0) is 0 Å². The largest absolute Gasteiger partial charge is 0.367 e. The van der Waals surface area contributed by atoms with Crippen LogP contribution >= 0.6 is 11.8 Å². The van der Waals surface area contributed by atoms with E-state index in [1.807, 2.05) is 0 Å². The van der Waals surface area contributed by atoms with Crippen molar-refractivity contribution in [2.75, 3.05) is 23.7 Å². The number of nitrogens with zero attached hydrogens (tertiary/aromatic N) is 1. The second-order valence-electron chi connectivity index (χ2n) is 5.35. The van der Waals surface area contributed by atoms with Gasteiger partial charge in [0.2, 0.25) is 0 Å². The minimum absolute atomic E-state index is 0.415. The Kier molecular flexibility index (Phi) is 5.17. The number of benzene rings is 1. The highest BCUT2D eigenvalue weighted by Gasteiger charge is 2.27. The third-order valence-electron chi connectivity index (χ3n) is 4.11. The zero-order valence-corrected chi connectivity index (χ0v) is 13.3. The first-order valence-electron chi connectivity index (χ1n) is 7.35. The molecule has 2 nitrogen and oxygen atoms in total. The Bertz CT molecular complexity index is 407. The molecule has 0 aromatic heterocycles. The number of hydrogen-bond donors (Lipinski definition) is 1. The van der Waals surface area contributed by atoms with Crippen LogP contribution in [0.3, 0.4) is 0 Å². The molecule has 0 radical (unpaired) electrons. The van der Waals surface area contributed by atoms with Gasteiger partial charge in [-0.2, -0.15) is 11.8 Å². The first kappa shape index (κ1) is 14.7. The van der Waals surface area contributed by atoms with E-state index in [0.29, 0.717) is 17.3 Å². The van der Waals surface area contributed by atoms with Crippen LogP contribution in [0, 0.1) is 0 Å². The highest BCUT2D eigenvalue weighted by atomic mass is 32.2. The summed E-state index contributed by atoms with van der Waals surface area (Å²) in [6.07, 6.45) is 0. The summed E-state index contributed by atoms with van der Waals surface area (Å²) in [5, 5.41) is 4.24. The van der Waals surface area contributed by atoms with Gasteiger partial charge in [-0.05, 0) is 32.0 Å². The molecule has 0 aliphatic carbocycles. The lowest BCUT2D eigenvalue weighted by Crippen LogP contribution is -2.45. The first-order chi connectivity index (χ1) is 9.15. The minimum atomic E-state index is 0.415. The maximum absolute atomic E-state index is 3.54. The highest BCUT2D eigenvalue weighted by molar-refractivity contribution is 8.00. The van der Waals surface area contributed by atoms with E-state index in [-0.39, 0.29) is 0 Å². The molecule has 3 heteroatoms. The van der Waals surface area contributed by atoms with E-state index >= 15 is 0 Å². The van der Waals surface area contributed by atoms with Gasteiger partial charge in [0.05, 0.1) is 0 Å². The molecule has 1 aromatic rings. The van der Waals surface area contributed by atoms with Gasteiger partial charge in [-0.1, -0.05) is 32.0 Å². The standard InChI is InChI=1S/C16H26N2S/c1-5-17-12(2)15-8-6-7-9-16(15)18-10-11-19-14(4)13(18)3/h6-9,12-14,17H,5,10-11H2,1-4H3. The van der Waals surface area contributed by atoms with Crippen molar-refractivity contribution in [3.63, 3.8) is 0 Å². The second-order valence-corrected chi connectivity index (χ2v) is 6.83. The maximum atomic E-state index is 3.54. The van der Waals surface area contributed by atoms with Crippen molar-refractivity contribution in [3.05, 3.63) is 29.8 Å². The van der Waals surface area contributed by atoms with Gasteiger partial charge in [0.15, 0.2) is 0 Å². The Hall–Kier alpha value is -0.670. The summed E-state index contributed by atoms with van der Waals surface area (Å²) in [4.78, 5) is 2.59. The fourth-order valence-corrected chi connectivity index (χ4v) is 3.90. The summed E-state index contributed by atoms with van der Waals surface area (Å²) < 4.78 is 0. The van der Waals surface area contributed by atoms with E-state index in [9.17, 15) is 0 Å². The molecule has 0 amide bonds. The summed E-state index contributed by atoms with van der Waals surface area (Å²) in [5.41, 5.74) is 2.84. The van der Waals surface area contributed by atoms with Gasteiger partial charge in [-0.15, -0.1) is 0 Å². The maximum Gasteiger partial charge on any atom is 0.0417 e. The Morgan fingerprint density at radius 3 is 2.84 bits per heavy atom. The number of nitrogens with one attached hydrogen (secondary N) is 1. The van der Waals surface area contributed by atoms with Gasteiger partial charge in [-0.3, -0.25) is 0 Å². The van der Waals surface area contributed by atoms with E-state index in [1.165, 1.54) is 17.0 Å². The molecule has 0 bridgehead atoms. The van der Waals surface area contributed by atoms with E-state index < -0.39 is 0 Å². The van der Waals surface area contributed by atoms with Crippen LogP contribution in [0.2, 0.25) is 0 Å². The molecule has 106 valence electrons. The van der Waals surface area contributed by atoms with Crippen LogP contribution < -0.4 is 10.2 Å². The topological polar surface area (TPSA) is 15.3 Å². The van der Waals surface area contributed by atoms with E-state index in [0.717, 1.165) is 13.1 Å². The molecular formula is C16H26N2S. The van der Waals surface area contributed by atoms with Crippen LogP contribution in [0.25, 0.3) is 0 Å². The fourth-order valence-electron chi connectivity index (χ4n) is 2.80. The predicted molar refractivity (Wildman–Crippen MR) is 87.3 cm³/mol. The van der Waals surface area contributed by atoms with Crippen LogP contribution in [0.1, 0.15) is 39.3 Å². The number of hydrogen-bond acceptors (Lipinski definition) is 3. The summed E-state index contributed by atoms with van der Waals surface area (Å²) in [6.45, 7) is 11.3. The van der Waals surface area contributed by atoms with Crippen molar-refractivity contribution >= 4 is 17.4 Å². The van der Waals surface area contributed by atoms with Gasteiger partial charge in [0.1, 0.15) is 0 Å². The normalized spacial score (nSPS) is 25.4. The minimum Gasteiger partial charge on any atom is -0.367 e. The summed E-state index contributed by atoms with van der Waals surface area (Å²) >= 11 is 2.09. The van der Waals surface area contributed by atoms with Crippen molar-refractivity contribution in [1.29, 1.82) is 0 Å². The smallest absolute Gasteiger partial charge is 0.0417 e. The quantitative estimate of drug-likeness (QED) is 0.904. The number of anilines is 1. The predicted octanol–water partition coefficient (Wildman–Crippen LogP) is 3.69. The molecule has 1 aromatic carbocycles. The Morgan fingerprint density at radius 1 is 1.37 bits per heavy atom. The SMILES string of the molecule is CCNC(C)c1ccccc1N1CCSC(C)C1C. The van der Waals surface area contributed by atoms with Gasteiger partial charge < -0.3 is 10.2 Å². The average molecular weight is 278 g/mol. The van der Waals surface area contributed by atoms with Crippen LogP contribution in [0.15, 0.2) is 24.3 Å². The molecular weight excluding hydrogens is 252 g/mol. The molecule has 0 saturated carbocycles. The third kappa shape index (κ3) is 3.26. The Balaban J connectivity index is 2.28. The molecule has 3 atom stereocenters. The van der Waals surface area contributed by atoms with Crippen molar-refractivity contribution in [3.8, 4) is 0 Å². The lowest BCUT2D eigenvalue weighted by Gasteiger charge is -2.40. The zero-order valence-electron chi connectivity index (χ0n) is 12.5. The summed E-state index contributed by atoms with van der Waals surface area (Å²) in [7, 11) is 0. The monoisotopic (exact) mass is 278 g/mol. The fraction of sp³-hybridized carbons (Fsp3) is 0.625. The number of thioether (sulfide) groups is 1. The molecule has 1 fully saturated rings.